The van der Waals surface area contributed by atoms with Gasteiger partial charge in [-0.2, -0.15) is 5.10 Å². The molecule has 26 heavy (non-hydrogen) atoms. The van der Waals surface area contributed by atoms with Gasteiger partial charge in [0, 0.05) is 6.20 Å². The lowest BCUT2D eigenvalue weighted by Gasteiger charge is -2.02. The molecule has 2 heterocycles. The smallest absolute Gasteiger partial charge is 0.260 e. The van der Waals surface area contributed by atoms with Gasteiger partial charge < -0.3 is 4.74 Å². The highest BCUT2D eigenvalue weighted by molar-refractivity contribution is 7.22. The predicted molar refractivity (Wildman–Crippen MR) is 103 cm³/mol. The van der Waals surface area contributed by atoms with E-state index in [4.69, 9.17) is 16.3 Å². The minimum atomic E-state index is -0.290. The topological polar surface area (TPSA) is 69.0 Å². The van der Waals surface area contributed by atoms with E-state index >= 15 is 0 Å². The summed E-state index contributed by atoms with van der Waals surface area (Å²) in [5.41, 5.74) is 1.84. The van der Waals surface area contributed by atoms with E-state index < -0.39 is 0 Å². The van der Waals surface area contributed by atoms with Gasteiger partial charge in [0.15, 0.2) is 5.13 Å². The molecule has 0 saturated heterocycles. The van der Waals surface area contributed by atoms with Gasteiger partial charge in [-0.15, -0.1) is 0 Å². The van der Waals surface area contributed by atoms with Crippen LogP contribution < -0.4 is 10.1 Å². The largest absolute Gasteiger partial charge is 0.494 e. The summed E-state index contributed by atoms with van der Waals surface area (Å²) in [6.45, 7) is 0. The van der Waals surface area contributed by atoms with Gasteiger partial charge in [-0.05, 0) is 24.3 Å². The van der Waals surface area contributed by atoms with Crippen LogP contribution in [0.5, 0.6) is 5.75 Å². The van der Waals surface area contributed by atoms with Gasteiger partial charge in [-0.1, -0.05) is 41.1 Å². The third kappa shape index (κ3) is 3.02. The second-order valence-electron chi connectivity index (χ2n) is 5.41. The third-order valence-electron chi connectivity index (χ3n) is 3.77. The molecule has 0 saturated carbocycles. The van der Waals surface area contributed by atoms with Crippen LogP contribution in [-0.2, 0) is 0 Å². The number of fused-ring (bicyclic) bond motifs is 1. The van der Waals surface area contributed by atoms with Crippen LogP contribution in [0.4, 0.5) is 5.13 Å². The summed E-state index contributed by atoms with van der Waals surface area (Å²) in [6, 6.07) is 13.0. The highest BCUT2D eigenvalue weighted by Gasteiger charge is 2.14. The maximum atomic E-state index is 12.5. The van der Waals surface area contributed by atoms with Crippen molar-refractivity contribution >= 4 is 44.2 Å². The van der Waals surface area contributed by atoms with Crippen molar-refractivity contribution in [1.82, 2.24) is 14.8 Å². The molecule has 0 aliphatic rings. The zero-order valence-electron chi connectivity index (χ0n) is 13.6. The van der Waals surface area contributed by atoms with Gasteiger partial charge in [0.25, 0.3) is 5.91 Å². The molecule has 1 N–H and O–H groups in total. The lowest BCUT2D eigenvalue weighted by atomic mass is 10.3. The number of halogens is 1. The van der Waals surface area contributed by atoms with E-state index in [9.17, 15) is 4.79 Å². The first-order chi connectivity index (χ1) is 12.7. The van der Waals surface area contributed by atoms with Gasteiger partial charge in [0.2, 0.25) is 0 Å². The minimum Gasteiger partial charge on any atom is -0.494 e. The molecule has 130 valence electrons. The Labute approximate surface area is 158 Å². The molecule has 8 heteroatoms. The number of hydrogen-bond acceptors (Lipinski definition) is 5. The summed E-state index contributed by atoms with van der Waals surface area (Å²) in [5, 5.41) is 8.08. The molecule has 0 aliphatic heterocycles. The minimum absolute atomic E-state index is 0.290. The molecule has 2 aromatic carbocycles. The lowest BCUT2D eigenvalue weighted by Crippen LogP contribution is -2.10. The van der Waals surface area contributed by atoms with Crippen molar-refractivity contribution in [2.24, 2.45) is 0 Å². The van der Waals surface area contributed by atoms with E-state index in [1.54, 1.807) is 24.1 Å². The normalized spacial score (nSPS) is 10.8. The van der Waals surface area contributed by atoms with Crippen molar-refractivity contribution in [3.8, 4) is 11.4 Å². The number of aromatic nitrogens is 3. The number of para-hydroxylation sites is 2. The summed E-state index contributed by atoms with van der Waals surface area (Å²) in [4.78, 5) is 17.0. The number of anilines is 1. The monoisotopic (exact) mass is 384 g/mol. The number of carbonyl (C=O) groups is 1. The fraction of sp³-hybridized carbons (Fsp3) is 0.0556. The molecule has 1 amide bonds. The van der Waals surface area contributed by atoms with Crippen LogP contribution in [0, 0.1) is 0 Å². The first-order valence-corrected chi connectivity index (χ1v) is 8.89. The molecule has 0 fully saturated rings. The SMILES string of the molecule is COc1cccc2sc(NC(=O)c3cnn(-c4ccccc4Cl)c3)nc12. The summed E-state index contributed by atoms with van der Waals surface area (Å²) in [7, 11) is 1.59. The Morgan fingerprint density at radius 3 is 2.88 bits per heavy atom. The number of methoxy groups -OCH3 is 1. The average molecular weight is 385 g/mol. The molecule has 0 bridgehead atoms. The molecule has 0 aliphatic carbocycles. The first-order valence-electron chi connectivity index (χ1n) is 7.70. The van der Waals surface area contributed by atoms with Crippen LogP contribution in [0.3, 0.4) is 0 Å². The molecule has 2 aromatic heterocycles. The number of amides is 1. The fourth-order valence-corrected chi connectivity index (χ4v) is 3.62. The number of benzene rings is 2. The molecule has 0 spiro atoms. The van der Waals surface area contributed by atoms with Gasteiger partial charge in [-0.3, -0.25) is 10.1 Å². The number of nitrogens with zero attached hydrogens (tertiary/aromatic N) is 3. The standard InChI is InChI=1S/C18H13ClN4O2S/c1-25-14-7-4-8-15-16(14)21-18(26-15)22-17(24)11-9-20-23(10-11)13-6-3-2-5-12(13)19/h2-10H,1H3,(H,21,22,24). The zero-order chi connectivity index (χ0) is 18.1. The first kappa shape index (κ1) is 16.6. The van der Waals surface area contributed by atoms with Gasteiger partial charge in [0.05, 0.1) is 34.3 Å². The highest BCUT2D eigenvalue weighted by atomic mass is 35.5. The summed E-state index contributed by atoms with van der Waals surface area (Å²) >= 11 is 7.55. The van der Waals surface area contributed by atoms with Crippen molar-refractivity contribution in [2.75, 3.05) is 12.4 Å². The Hall–Kier alpha value is -2.90. The van der Waals surface area contributed by atoms with Crippen LogP contribution in [0.15, 0.2) is 54.9 Å². The van der Waals surface area contributed by atoms with Crippen molar-refractivity contribution in [3.05, 3.63) is 65.4 Å². The van der Waals surface area contributed by atoms with Crippen molar-refractivity contribution in [1.29, 1.82) is 0 Å². The number of nitrogens with one attached hydrogen (secondary N) is 1. The predicted octanol–water partition coefficient (Wildman–Crippen LogP) is 4.40. The number of hydrogen-bond donors (Lipinski definition) is 1. The second-order valence-corrected chi connectivity index (χ2v) is 6.84. The van der Waals surface area contributed by atoms with E-state index in [2.05, 4.69) is 15.4 Å². The molecular formula is C18H13ClN4O2S. The quantitative estimate of drug-likeness (QED) is 0.566. The van der Waals surface area contributed by atoms with Crippen molar-refractivity contribution in [2.45, 2.75) is 0 Å². The average Bonchev–Trinajstić information content (AvgIpc) is 3.28. The van der Waals surface area contributed by atoms with Crippen LogP contribution >= 0.6 is 22.9 Å². The van der Waals surface area contributed by atoms with E-state index in [1.807, 2.05) is 36.4 Å². The molecule has 0 radical (unpaired) electrons. The summed E-state index contributed by atoms with van der Waals surface area (Å²) < 4.78 is 7.80. The highest BCUT2D eigenvalue weighted by Crippen LogP contribution is 2.32. The fourth-order valence-electron chi connectivity index (χ4n) is 2.52. The van der Waals surface area contributed by atoms with Crippen LogP contribution in [0.2, 0.25) is 5.02 Å². The number of ether oxygens (including phenoxy) is 1. The maximum absolute atomic E-state index is 12.5. The summed E-state index contributed by atoms with van der Waals surface area (Å²) in [5.74, 6) is 0.382. The van der Waals surface area contributed by atoms with Crippen LogP contribution in [0.1, 0.15) is 10.4 Å². The van der Waals surface area contributed by atoms with E-state index in [1.165, 1.54) is 17.5 Å². The van der Waals surface area contributed by atoms with E-state index in [-0.39, 0.29) is 5.91 Å². The molecular weight excluding hydrogens is 372 g/mol. The van der Waals surface area contributed by atoms with Gasteiger partial charge in [-0.25, -0.2) is 9.67 Å². The Balaban J connectivity index is 1.59. The van der Waals surface area contributed by atoms with Crippen molar-refractivity contribution < 1.29 is 9.53 Å². The number of rotatable bonds is 4. The molecule has 0 atom stereocenters. The summed E-state index contributed by atoms with van der Waals surface area (Å²) in [6.07, 6.45) is 3.12. The molecule has 4 rings (SSSR count). The molecule has 4 aromatic rings. The Morgan fingerprint density at radius 2 is 2.08 bits per heavy atom. The van der Waals surface area contributed by atoms with Crippen molar-refractivity contribution in [3.63, 3.8) is 0 Å². The Kier molecular flexibility index (Phi) is 4.32. The van der Waals surface area contributed by atoms with E-state index in [0.29, 0.717) is 27.2 Å². The zero-order valence-corrected chi connectivity index (χ0v) is 15.2. The van der Waals surface area contributed by atoms with Crippen LogP contribution in [-0.4, -0.2) is 27.8 Å². The molecule has 6 nitrogen and oxygen atoms in total. The number of carbonyl (C=O) groups excluding carboxylic acids is 1. The molecule has 0 unspecified atom stereocenters. The maximum Gasteiger partial charge on any atom is 0.260 e. The number of thiazole rings is 1. The third-order valence-corrected chi connectivity index (χ3v) is 5.02. The van der Waals surface area contributed by atoms with Crippen LogP contribution in [0.25, 0.3) is 15.9 Å². The van der Waals surface area contributed by atoms with Gasteiger partial charge in [0.1, 0.15) is 11.3 Å². The second kappa shape index (κ2) is 6.78. The Bertz CT molecular complexity index is 1110. The Morgan fingerprint density at radius 1 is 1.23 bits per heavy atom. The lowest BCUT2D eigenvalue weighted by molar-refractivity contribution is 0.102. The van der Waals surface area contributed by atoms with E-state index in [0.717, 1.165) is 10.2 Å². The van der Waals surface area contributed by atoms with Gasteiger partial charge >= 0.3 is 0 Å².